The molecule has 1 fully saturated rings. The van der Waals surface area contributed by atoms with Crippen LogP contribution in [-0.4, -0.2) is 23.9 Å². The van der Waals surface area contributed by atoms with Crippen LogP contribution >= 0.6 is 0 Å². The average Bonchev–Trinajstić information content (AvgIpc) is 1.95. The highest BCUT2D eigenvalue weighted by Gasteiger charge is 2.35. The van der Waals surface area contributed by atoms with Crippen LogP contribution in [0.5, 0.6) is 0 Å². The molecule has 2 heteroatoms. The summed E-state index contributed by atoms with van der Waals surface area (Å²) in [6.45, 7) is 3.44. The molecule has 0 spiro atoms. The number of aliphatic hydroxyl groups excluding tert-OH is 1. The molecule has 1 saturated heterocycles. The van der Waals surface area contributed by atoms with Gasteiger partial charge in [-0.1, -0.05) is 6.92 Å². The summed E-state index contributed by atoms with van der Waals surface area (Å²) in [5.74, 6) is 0. The maximum absolute atomic E-state index is 8.59. The molecule has 0 amide bonds. The summed E-state index contributed by atoms with van der Waals surface area (Å²) in [5, 5.41) is 8.59. The first-order valence-electron chi connectivity index (χ1n) is 4.58. The second kappa shape index (κ2) is 4.07. The Balaban J connectivity index is 2.11. The van der Waals surface area contributed by atoms with Gasteiger partial charge in [0.15, 0.2) is 0 Å². The summed E-state index contributed by atoms with van der Waals surface area (Å²) in [5.41, 5.74) is 0.204. The Morgan fingerprint density at radius 2 is 2.18 bits per heavy atom. The van der Waals surface area contributed by atoms with Gasteiger partial charge in [-0.3, -0.25) is 0 Å². The SMILES string of the molecule is CCC1(CCCCO)CCO1. The molecule has 2 nitrogen and oxygen atoms in total. The van der Waals surface area contributed by atoms with E-state index in [9.17, 15) is 0 Å². The van der Waals surface area contributed by atoms with Crippen molar-refractivity contribution in [1.29, 1.82) is 0 Å². The van der Waals surface area contributed by atoms with Crippen LogP contribution in [0.2, 0.25) is 0 Å². The van der Waals surface area contributed by atoms with E-state index in [4.69, 9.17) is 9.84 Å². The number of hydrogen-bond donors (Lipinski definition) is 1. The van der Waals surface area contributed by atoms with Crippen LogP contribution in [0.15, 0.2) is 0 Å². The number of aliphatic hydroxyl groups is 1. The minimum absolute atomic E-state index is 0.204. The minimum Gasteiger partial charge on any atom is -0.396 e. The molecule has 0 radical (unpaired) electrons. The van der Waals surface area contributed by atoms with E-state index < -0.39 is 0 Å². The Hall–Kier alpha value is -0.0800. The third-order valence-electron chi connectivity index (χ3n) is 2.65. The third kappa shape index (κ3) is 2.17. The molecule has 0 saturated carbocycles. The zero-order valence-electron chi connectivity index (χ0n) is 7.31. The fraction of sp³-hybridized carbons (Fsp3) is 1.00. The lowest BCUT2D eigenvalue weighted by molar-refractivity contribution is -0.154. The predicted molar refractivity (Wildman–Crippen MR) is 44.5 cm³/mol. The van der Waals surface area contributed by atoms with Crippen molar-refractivity contribution in [2.24, 2.45) is 0 Å². The fourth-order valence-electron chi connectivity index (χ4n) is 1.60. The van der Waals surface area contributed by atoms with Crippen LogP contribution in [0.25, 0.3) is 0 Å². The van der Waals surface area contributed by atoms with Crippen molar-refractivity contribution in [3.8, 4) is 0 Å². The highest BCUT2D eigenvalue weighted by molar-refractivity contribution is 4.85. The van der Waals surface area contributed by atoms with Gasteiger partial charge in [-0.2, -0.15) is 0 Å². The van der Waals surface area contributed by atoms with Crippen molar-refractivity contribution in [1.82, 2.24) is 0 Å². The number of unbranched alkanes of at least 4 members (excludes halogenated alkanes) is 1. The first-order chi connectivity index (χ1) is 5.33. The molecule has 0 aromatic rings. The summed E-state index contributed by atoms with van der Waals surface area (Å²) in [7, 11) is 0. The van der Waals surface area contributed by atoms with Crippen molar-refractivity contribution >= 4 is 0 Å². The summed E-state index contributed by atoms with van der Waals surface area (Å²) in [6, 6.07) is 0. The van der Waals surface area contributed by atoms with Gasteiger partial charge in [-0.25, -0.2) is 0 Å². The van der Waals surface area contributed by atoms with E-state index in [1.807, 2.05) is 0 Å². The zero-order chi connectivity index (χ0) is 8.16. The minimum atomic E-state index is 0.204. The number of hydrogen-bond acceptors (Lipinski definition) is 2. The van der Waals surface area contributed by atoms with E-state index in [-0.39, 0.29) is 5.60 Å². The Labute approximate surface area is 68.6 Å². The van der Waals surface area contributed by atoms with Crippen LogP contribution in [0, 0.1) is 0 Å². The van der Waals surface area contributed by atoms with Crippen LogP contribution in [-0.2, 0) is 4.74 Å². The fourth-order valence-corrected chi connectivity index (χ4v) is 1.60. The van der Waals surface area contributed by atoms with Gasteiger partial charge >= 0.3 is 0 Å². The van der Waals surface area contributed by atoms with E-state index in [0.29, 0.717) is 6.61 Å². The topological polar surface area (TPSA) is 29.5 Å². The Kier molecular flexibility index (Phi) is 3.34. The first-order valence-corrected chi connectivity index (χ1v) is 4.58. The van der Waals surface area contributed by atoms with Gasteiger partial charge in [0.05, 0.1) is 12.2 Å². The van der Waals surface area contributed by atoms with E-state index in [1.54, 1.807) is 0 Å². The quantitative estimate of drug-likeness (QED) is 0.617. The van der Waals surface area contributed by atoms with E-state index in [0.717, 1.165) is 32.3 Å². The Morgan fingerprint density at radius 1 is 1.45 bits per heavy atom. The van der Waals surface area contributed by atoms with Crippen molar-refractivity contribution in [3.63, 3.8) is 0 Å². The second-order valence-corrected chi connectivity index (χ2v) is 3.32. The van der Waals surface area contributed by atoms with Gasteiger partial charge in [0.2, 0.25) is 0 Å². The van der Waals surface area contributed by atoms with E-state index >= 15 is 0 Å². The third-order valence-corrected chi connectivity index (χ3v) is 2.65. The molecule has 11 heavy (non-hydrogen) atoms. The number of rotatable bonds is 5. The molecule has 0 bridgehead atoms. The van der Waals surface area contributed by atoms with Crippen molar-refractivity contribution < 1.29 is 9.84 Å². The van der Waals surface area contributed by atoms with Crippen LogP contribution in [0.1, 0.15) is 39.0 Å². The van der Waals surface area contributed by atoms with E-state index in [1.165, 1.54) is 6.42 Å². The van der Waals surface area contributed by atoms with Gasteiger partial charge in [-0.15, -0.1) is 0 Å². The summed E-state index contributed by atoms with van der Waals surface area (Å²) in [4.78, 5) is 0. The molecule has 1 atom stereocenters. The summed E-state index contributed by atoms with van der Waals surface area (Å²) >= 11 is 0. The molecule has 1 heterocycles. The first kappa shape index (κ1) is 9.01. The lowest BCUT2D eigenvalue weighted by atomic mass is 9.86. The molecule has 1 rings (SSSR count). The maximum Gasteiger partial charge on any atom is 0.0701 e. The van der Waals surface area contributed by atoms with E-state index in [2.05, 4.69) is 6.92 Å². The smallest absolute Gasteiger partial charge is 0.0701 e. The highest BCUT2D eigenvalue weighted by Crippen LogP contribution is 2.34. The molecule has 0 aromatic heterocycles. The molecule has 1 aliphatic rings. The van der Waals surface area contributed by atoms with Crippen LogP contribution in [0.4, 0.5) is 0 Å². The summed E-state index contributed by atoms with van der Waals surface area (Å²) in [6.07, 6.45) is 5.49. The summed E-state index contributed by atoms with van der Waals surface area (Å²) < 4.78 is 5.53. The standard InChI is InChI=1S/C9H18O2/c1-2-9(6-8-11-9)5-3-4-7-10/h10H,2-8H2,1H3. The predicted octanol–water partition coefficient (Wildman–Crippen LogP) is 1.72. The number of ether oxygens (including phenoxy) is 1. The molecule has 1 unspecified atom stereocenters. The monoisotopic (exact) mass is 158 g/mol. The zero-order valence-corrected chi connectivity index (χ0v) is 7.31. The van der Waals surface area contributed by atoms with Crippen molar-refractivity contribution in [2.45, 2.75) is 44.6 Å². The van der Waals surface area contributed by atoms with Gasteiger partial charge < -0.3 is 9.84 Å². The van der Waals surface area contributed by atoms with Crippen molar-refractivity contribution in [3.05, 3.63) is 0 Å². The van der Waals surface area contributed by atoms with Gasteiger partial charge in [0, 0.05) is 6.61 Å². The Bertz CT molecular complexity index is 103. The lowest BCUT2D eigenvalue weighted by Gasteiger charge is -2.41. The van der Waals surface area contributed by atoms with Crippen molar-refractivity contribution in [2.75, 3.05) is 13.2 Å². The largest absolute Gasteiger partial charge is 0.396 e. The molecule has 0 aliphatic carbocycles. The average molecular weight is 158 g/mol. The van der Waals surface area contributed by atoms with Gasteiger partial charge in [0.25, 0.3) is 0 Å². The molecule has 66 valence electrons. The molecular weight excluding hydrogens is 140 g/mol. The van der Waals surface area contributed by atoms with Crippen LogP contribution in [0.3, 0.4) is 0 Å². The molecular formula is C9H18O2. The molecule has 1 N–H and O–H groups in total. The van der Waals surface area contributed by atoms with Crippen LogP contribution < -0.4 is 0 Å². The lowest BCUT2D eigenvalue weighted by Crippen LogP contribution is -2.42. The normalized spacial score (nSPS) is 30.0. The molecule has 0 aromatic carbocycles. The Morgan fingerprint density at radius 3 is 2.55 bits per heavy atom. The second-order valence-electron chi connectivity index (χ2n) is 3.32. The van der Waals surface area contributed by atoms with Gasteiger partial charge in [0.1, 0.15) is 0 Å². The maximum atomic E-state index is 8.59. The molecule has 1 aliphatic heterocycles. The van der Waals surface area contributed by atoms with Gasteiger partial charge in [-0.05, 0) is 32.1 Å². The highest BCUT2D eigenvalue weighted by atomic mass is 16.5.